The monoisotopic (exact) mass is 525 g/mol. The first-order valence-electron chi connectivity index (χ1n) is 10.9. The number of aryl methyl sites for hydroxylation is 1. The lowest BCUT2D eigenvalue weighted by atomic mass is 9.99. The van der Waals surface area contributed by atoms with Gasteiger partial charge in [-0.1, -0.05) is 12.1 Å². The highest BCUT2D eigenvalue weighted by Gasteiger charge is 2.53. The summed E-state index contributed by atoms with van der Waals surface area (Å²) in [6.45, 7) is 0.395. The Morgan fingerprint density at radius 2 is 1.86 bits per heavy atom. The van der Waals surface area contributed by atoms with Gasteiger partial charge in [0.1, 0.15) is 18.0 Å². The van der Waals surface area contributed by atoms with E-state index in [1.165, 1.54) is 26.1 Å². The van der Waals surface area contributed by atoms with Gasteiger partial charge in [0.15, 0.2) is 5.82 Å². The SMILES string of the molecule is COCC(F)(F)c1cccc([C@](C)([Si])Nc2nn(C)c(=O)c3cc(=O)n(C4(C(F)F)CC4)cc23)c1F. The Morgan fingerprint density at radius 3 is 2.44 bits per heavy atom. The maximum Gasteiger partial charge on any atom is 0.298 e. The molecule has 0 amide bonds. The molecule has 0 spiro atoms. The van der Waals surface area contributed by atoms with E-state index in [1.807, 2.05) is 0 Å². The van der Waals surface area contributed by atoms with Crippen molar-refractivity contribution in [2.24, 2.45) is 7.05 Å². The van der Waals surface area contributed by atoms with Crippen molar-refractivity contribution in [2.75, 3.05) is 19.0 Å². The molecule has 0 aliphatic heterocycles. The molecular weight excluding hydrogens is 503 g/mol. The van der Waals surface area contributed by atoms with Crippen LogP contribution in [0.2, 0.25) is 0 Å². The number of halogens is 5. The fraction of sp³-hybridized carbons (Fsp3) is 0.435. The quantitative estimate of drug-likeness (QED) is 0.361. The second-order valence-corrected chi connectivity index (χ2v) is 10.0. The standard InChI is InChI=1S/C23H22F5N4O3Si/c1-21(36,14-5-4-6-15(17(14)24)23(27,28)11-35-3)29-18-13-10-32(22(7-8-22)20(25)26)16(33)9-12(13)19(34)31(2)30-18/h4-6,9-10,20H,7-8,11H2,1-3H3,(H,29,30)/t21-/m0/s1. The number of benzene rings is 1. The summed E-state index contributed by atoms with van der Waals surface area (Å²) in [5, 5.41) is 5.39. The van der Waals surface area contributed by atoms with E-state index in [0.717, 1.165) is 34.7 Å². The minimum Gasteiger partial charge on any atom is -0.378 e. The number of anilines is 1. The molecule has 0 unspecified atom stereocenters. The smallest absolute Gasteiger partial charge is 0.298 e. The fourth-order valence-electron chi connectivity index (χ4n) is 4.22. The lowest BCUT2D eigenvalue weighted by molar-refractivity contribution is -0.0722. The highest BCUT2D eigenvalue weighted by molar-refractivity contribution is 6.17. The van der Waals surface area contributed by atoms with Gasteiger partial charge >= 0.3 is 0 Å². The molecule has 3 radical (unpaired) electrons. The second kappa shape index (κ2) is 8.80. The predicted molar refractivity (Wildman–Crippen MR) is 123 cm³/mol. The summed E-state index contributed by atoms with van der Waals surface area (Å²) in [5.74, 6) is -4.87. The van der Waals surface area contributed by atoms with Crippen LogP contribution in [0.25, 0.3) is 10.8 Å². The molecule has 1 aromatic carbocycles. The van der Waals surface area contributed by atoms with E-state index in [4.69, 9.17) is 0 Å². The number of methoxy groups -OCH3 is 1. The van der Waals surface area contributed by atoms with Gasteiger partial charge in [0, 0.05) is 42.5 Å². The zero-order valence-corrected chi connectivity index (χ0v) is 20.5. The van der Waals surface area contributed by atoms with Crippen LogP contribution in [0.4, 0.5) is 27.8 Å². The Balaban J connectivity index is 1.86. The summed E-state index contributed by atoms with van der Waals surface area (Å²) in [6.07, 6.45) is -1.51. The van der Waals surface area contributed by atoms with Gasteiger partial charge in [-0.15, -0.1) is 0 Å². The summed E-state index contributed by atoms with van der Waals surface area (Å²) < 4.78 is 78.0. The van der Waals surface area contributed by atoms with Crippen LogP contribution >= 0.6 is 0 Å². The molecule has 191 valence electrons. The maximum absolute atomic E-state index is 15.3. The molecule has 3 aromatic rings. The van der Waals surface area contributed by atoms with Gasteiger partial charge in [-0.2, -0.15) is 13.9 Å². The predicted octanol–water partition coefficient (Wildman–Crippen LogP) is 3.18. The number of rotatable bonds is 8. The topological polar surface area (TPSA) is 78.2 Å². The van der Waals surface area contributed by atoms with Crippen molar-refractivity contribution in [3.8, 4) is 0 Å². The highest BCUT2D eigenvalue weighted by atomic mass is 28.1. The number of nitrogens with zero attached hydrogens (tertiary/aromatic N) is 3. The van der Waals surface area contributed by atoms with Gasteiger partial charge in [-0.25, -0.2) is 17.9 Å². The summed E-state index contributed by atoms with van der Waals surface area (Å²) in [6, 6.07) is 4.43. The van der Waals surface area contributed by atoms with Crippen LogP contribution in [0.1, 0.15) is 30.9 Å². The molecule has 0 saturated heterocycles. The van der Waals surface area contributed by atoms with Gasteiger partial charge < -0.3 is 14.6 Å². The van der Waals surface area contributed by atoms with Crippen molar-refractivity contribution in [3.63, 3.8) is 0 Å². The number of aromatic nitrogens is 3. The van der Waals surface area contributed by atoms with Crippen molar-refractivity contribution >= 4 is 26.8 Å². The van der Waals surface area contributed by atoms with Crippen LogP contribution in [0.15, 0.2) is 40.1 Å². The van der Waals surface area contributed by atoms with E-state index >= 15 is 4.39 Å². The average molecular weight is 526 g/mol. The van der Waals surface area contributed by atoms with E-state index in [-0.39, 0.29) is 35.0 Å². The van der Waals surface area contributed by atoms with Gasteiger partial charge in [-0.05, 0) is 25.8 Å². The van der Waals surface area contributed by atoms with E-state index < -0.39 is 52.2 Å². The molecule has 1 aliphatic rings. The Morgan fingerprint density at radius 1 is 1.22 bits per heavy atom. The van der Waals surface area contributed by atoms with Gasteiger partial charge in [0.2, 0.25) is 0 Å². The third kappa shape index (κ3) is 4.23. The van der Waals surface area contributed by atoms with Crippen LogP contribution in [-0.4, -0.2) is 44.7 Å². The van der Waals surface area contributed by atoms with E-state index in [9.17, 15) is 27.2 Å². The number of pyridine rings is 1. The Kier molecular flexibility index (Phi) is 6.36. The third-order valence-electron chi connectivity index (χ3n) is 6.36. The largest absolute Gasteiger partial charge is 0.378 e. The zero-order chi connectivity index (χ0) is 26.6. The molecule has 2 aromatic heterocycles. The van der Waals surface area contributed by atoms with Crippen LogP contribution in [-0.2, 0) is 28.4 Å². The van der Waals surface area contributed by atoms with Gasteiger partial charge in [0.25, 0.3) is 23.5 Å². The molecule has 2 heterocycles. The maximum atomic E-state index is 15.3. The van der Waals surface area contributed by atoms with Crippen LogP contribution in [0.5, 0.6) is 0 Å². The van der Waals surface area contributed by atoms with Crippen molar-refractivity contribution in [1.29, 1.82) is 0 Å². The molecule has 1 N–H and O–H groups in total. The third-order valence-corrected chi connectivity index (χ3v) is 6.75. The second-order valence-electron chi connectivity index (χ2n) is 9.05. The molecule has 4 rings (SSSR count). The Bertz CT molecular complexity index is 1450. The Hall–Kier alpha value is -3.06. The molecule has 1 aliphatic carbocycles. The number of ether oxygens (including phenoxy) is 1. The molecule has 13 heteroatoms. The lowest BCUT2D eigenvalue weighted by Crippen LogP contribution is -2.38. The zero-order valence-electron chi connectivity index (χ0n) is 19.5. The van der Waals surface area contributed by atoms with Crippen LogP contribution < -0.4 is 16.4 Å². The summed E-state index contributed by atoms with van der Waals surface area (Å²) in [4.78, 5) is 25.3. The summed E-state index contributed by atoms with van der Waals surface area (Å²) in [5.41, 5.74) is -4.18. The minimum absolute atomic E-state index is 0.0374. The number of alkyl halides is 4. The van der Waals surface area contributed by atoms with Gasteiger partial charge in [-0.3, -0.25) is 9.59 Å². The lowest BCUT2D eigenvalue weighted by Gasteiger charge is -2.30. The Labute approximate surface area is 205 Å². The molecule has 1 atom stereocenters. The molecule has 1 saturated carbocycles. The summed E-state index contributed by atoms with van der Waals surface area (Å²) >= 11 is 0. The van der Waals surface area contributed by atoms with E-state index in [1.54, 1.807) is 0 Å². The molecule has 1 fully saturated rings. The van der Waals surface area contributed by atoms with Crippen molar-refractivity contribution in [2.45, 2.75) is 42.8 Å². The highest BCUT2D eigenvalue weighted by Crippen LogP contribution is 2.48. The number of fused-ring (bicyclic) bond motifs is 1. The number of hydrogen-bond donors (Lipinski definition) is 1. The van der Waals surface area contributed by atoms with E-state index in [0.29, 0.717) is 0 Å². The number of hydrogen-bond acceptors (Lipinski definition) is 5. The van der Waals surface area contributed by atoms with Crippen molar-refractivity contribution in [1.82, 2.24) is 14.3 Å². The molecular formula is C23H22F5N4O3Si. The molecule has 7 nitrogen and oxygen atoms in total. The normalized spacial score (nSPS) is 16.8. The van der Waals surface area contributed by atoms with Crippen molar-refractivity contribution < 1.29 is 26.7 Å². The first kappa shape index (κ1) is 26.0. The van der Waals surface area contributed by atoms with Crippen molar-refractivity contribution in [3.05, 3.63) is 68.1 Å². The minimum atomic E-state index is -3.61. The number of nitrogens with one attached hydrogen (secondary N) is 1. The first-order valence-corrected chi connectivity index (χ1v) is 11.4. The van der Waals surface area contributed by atoms with Crippen LogP contribution in [0.3, 0.4) is 0 Å². The average Bonchev–Trinajstić information content (AvgIpc) is 3.59. The van der Waals surface area contributed by atoms with Gasteiger partial charge in [0.05, 0.1) is 21.2 Å². The molecule has 0 bridgehead atoms. The fourth-order valence-corrected chi connectivity index (χ4v) is 4.53. The first-order chi connectivity index (χ1) is 16.7. The molecule has 36 heavy (non-hydrogen) atoms. The van der Waals surface area contributed by atoms with E-state index in [2.05, 4.69) is 25.4 Å². The van der Waals surface area contributed by atoms with Crippen LogP contribution in [0, 0.1) is 5.82 Å². The summed E-state index contributed by atoms with van der Waals surface area (Å²) in [7, 11) is 5.77.